The fourth-order valence-corrected chi connectivity index (χ4v) is 1.56. The summed E-state index contributed by atoms with van der Waals surface area (Å²) < 4.78 is 9.82. The fraction of sp³-hybridized carbons (Fsp3) is 0.357. The van der Waals surface area contributed by atoms with E-state index in [4.69, 9.17) is 9.47 Å². The minimum Gasteiger partial charge on any atom is -0.427 e. The number of para-hydroxylation sites is 1. The van der Waals surface area contributed by atoms with Crippen LogP contribution >= 0.6 is 0 Å². The van der Waals surface area contributed by atoms with Crippen LogP contribution in [0.25, 0.3) is 11.0 Å². The standard InChI is InChI=1S/C14H16N2O4/c1-14(2,3)13(18)20-8-19-12(17)9-5-4-6-10-11(9)16-7-15-10/h4-7H,8H2,1-3H3,(H,15,16). The summed E-state index contributed by atoms with van der Waals surface area (Å²) in [5.41, 5.74) is 0.968. The van der Waals surface area contributed by atoms with Gasteiger partial charge in [0.05, 0.1) is 22.8 Å². The molecule has 106 valence electrons. The maximum Gasteiger partial charge on any atom is 0.343 e. The monoisotopic (exact) mass is 276 g/mol. The van der Waals surface area contributed by atoms with Gasteiger partial charge in [0.15, 0.2) is 0 Å². The molecule has 1 heterocycles. The van der Waals surface area contributed by atoms with E-state index in [0.717, 1.165) is 5.52 Å². The third kappa shape index (κ3) is 2.96. The molecule has 0 atom stereocenters. The van der Waals surface area contributed by atoms with Gasteiger partial charge in [-0.05, 0) is 32.9 Å². The van der Waals surface area contributed by atoms with Crippen LogP contribution < -0.4 is 0 Å². The van der Waals surface area contributed by atoms with Crippen molar-refractivity contribution in [2.24, 2.45) is 5.41 Å². The zero-order valence-corrected chi connectivity index (χ0v) is 11.6. The lowest BCUT2D eigenvalue weighted by atomic mass is 9.98. The Balaban J connectivity index is 1.99. The Morgan fingerprint density at radius 1 is 1.25 bits per heavy atom. The van der Waals surface area contributed by atoms with Crippen molar-refractivity contribution >= 4 is 23.0 Å². The van der Waals surface area contributed by atoms with E-state index in [9.17, 15) is 9.59 Å². The number of benzene rings is 1. The normalized spacial score (nSPS) is 11.3. The van der Waals surface area contributed by atoms with Crippen LogP contribution in [0.3, 0.4) is 0 Å². The third-order valence-corrected chi connectivity index (χ3v) is 2.66. The second-order valence-electron chi connectivity index (χ2n) is 5.34. The zero-order valence-electron chi connectivity index (χ0n) is 11.6. The van der Waals surface area contributed by atoms with E-state index in [1.165, 1.54) is 6.33 Å². The summed E-state index contributed by atoms with van der Waals surface area (Å²) >= 11 is 0. The molecule has 0 saturated heterocycles. The molecule has 2 aromatic rings. The molecule has 1 aromatic carbocycles. The number of imidazole rings is 1. The zero-order chi connectivity index (χ0) is 14.8. The van der Waals surface area contributed by atoms with E-state index in [0.29, 0.717) is 11.1 Å². The number of H-pyrrole nitrogens is 1. The molecule has 0 radical (unpaired) electrons. The van der Waals surface area contributed by atoms with E-state index in [1.54, 1.807) is 39.0 Å². The first-order valence-electron chi connectivity index (χ1n) is 6.16. The fourth-order valence-electron chi connectivity index (χ4n) is 1.56. The van der Waals surface area contributed by atoms with E-state index >= 15 is 0 Å². The Hall–Kier alpha value is -2.37. The van der Waals surface area contributed by atoms with Gasteiger partial charge in [0.2, 0.25) is 6.79 Å². The van der Waals surface area contributed by atoms with Crippen molar-refractivity contribution in [3.8, 4) is 0 Å². The second-order valence-corrected chi connectivity index (χ2v) is 5.34. The van der Waals surface area contributed by atoms with Crippen molar-refractivity contribution in [1.29, 1.82) is 0 Å². The van der Waals surface area contributed by atoms with Gasteiger partial charge in [0.25, 0.3) is 0 Å². The van der Waals surface area contributed by atoms with Gasteiger partial charge in [-0.3, -0.25) is 4.79 Å². The predicted octanol–water partition coefficient (Wildman–Crippen LogP) is 2.27. The van der Waals surface area contributed by atoms with Gasteiger partial charge in [-0.2, -0.15) is 0 Å². The van der Waals surface area contributed by atoms with Gasteiger partial charge in [0.1, 0.15) is 5.52 Å². The lowest BCUT2D eigenvalue weighted by molar-refractivity contribution is -0.161. The lowest BCUT2D eigenvalue weighted by Crippen LogP contribution is -2.24. The SMILES string of the molecule is CC(C)(C)C(=O)OCOC(=O)c1cccc2[nH]cnc12. The van der Waals surface area contributed by atoms with Gasteiger partial charge in [0, 0.05) is 0 Å². The molecule has 1 N–H and O–H groups in total. The highest BCUT2D eigenvalue weighted by Gasteiger charge is 2.23. The lowest BCUT2D eigenvalue weighted by Gasteiger charge is -2.16. The molecule has 0 amide bonds. The van der Waals surface area contributed by atoms with Gasteiger partial charge in [-0.25, -0.2) is 9.78 Å². The molecular formula is C14H16N2O4. The molecule has 0 fully saturated rings. The van der Waals surface area contributed by atoms with E-state index in [1.807, 2.05) is 0 Å². The first-order chi connectivity index (χ1) is 9.39. The van der Waals surface area contributed by atoms with Gasteiger partial charge in [-0.15, -0.1) is 0 Å². The van der Waals surface area contributed by atoms with Crippen LogP contribution in [0.5, 0.6) is 0 Å². The number of aromatic nitrogens is 2. The highest BCUT2D eigenvalue weighted by atomic mass is 16.7. The van der Waals surface area contributed by atoms with Crippen molar-refractivity contribution in [3.05, 3.63) is 30.1 Å². The van der Waals surface area contributed by atoms with Crippen molar-refractivity contribution in [3.63, 3.8) is 0 Å². The number of hydrogen-bond donors (Lipinski definition) is 1. The third-order valence-electron chi connectivity index (χ3n) is 2.66. The molecule has 0 unspecified atom stereocenters. The Labute approximate surface area is 116 Å². The number of esters is 2. The Morgan fingerprint density at radius 3 is 2.70 bits per heavy atom. The summed E-state index contributed by atoms with van der Waals surface area (Å²) in [5.74, 6) is -1.01. The van der Waals surface area contributed by atoms with Crippen LogP contribution in [-0.2, 0) is 14.3 Å². The highest BCUT2D eigenvalue weighted by Crippen LogP contribution is 2.17. The summed E-state index contributed by atoms with van der Waals surface area (Å²) in [6, 6.07) is 5.13. The molecule has 6 heteroatoms. The summed E-state index contributed by atoms with van der Waals surface area (Å²) in [4.78, 5) is 30.4. The topological polar surface area (TPSA) is 81.3 Å². The molecule has 0 aliphatic carbocycles. The average molecular weight is 276 g/mol. The molecule has 1 aromatic heterocycles. The number of fused-ring (bicyclic) bond motifs is 1. The molecular weight excluding hydrogens is 260 g/mol. The van der Waals surface area contributed by atoms with E-state index in [2.05, 4.69) is 9.97 Å². The summed E-state index contributed by atoms with van der Waals surface area (Å²) in [6.07, 6.45) is 1.50. The number of ether oxygens (including phenoxy) is 2. The molecule has 0 bridgehead atoms. The maximum atomic E-state index is 11.9. The van der Waals surface area contributed by atoms with Crippen LogP contribution in [-0.4, -0.2) is 28.7 Å². The number of hydrogen-bond acceptors (Lipinski definition) is 5. The van der Waals surface area contributed by atoms with E-state index in [-0.39, 0.29) is 0 Å². The average Bonchev–Trinajstić information content (AvgIpc) is 2.85. The first kappa shape index (κ1) is 14.0. The van der Waals surface area contributed by atoms with Crippen molar-refractivity contribution < 1.29 is 19.1 Å². The number of carbonyl (C=O) groups is 2. The smallest absolute Gasteiger partial charge is 0.343 e. The molecule has 0 saturated carbocycles. The van der Waals surface area contributed by atoms with Crippen LogP contribution in [0.4, 0.5) is 0 Å². The predicted molar refractivity (Wildman–Crippen MR) is 71.9 cm³/mol. The molecule has 6 nitrogen and oxygen atoms in total. The number of nitrogens with one attached hydrogen (secondary N) is 1. The highest BCUT2D eigenvalue weighted by molar-refractivity contribution is 6.01. The molecule has 0 aliphatic heterocycles. The first-order valence-corrected chi connectivity index (χ1v) is 6.16. The summed E-state index contributed by atoms with van der Waals surface area (Å²) in [5, 5.41) is 0. The van der Waals surface area contributed by atoms with E-state index < -0.39 is 24.1 Å². The number of rotatable bonds is 3. The number of carbonyl (C=O) groups excluding carboxylic acids is 2. The van der Waals surface area contributed by atoms with Crippen molar-refractivity contribution in [1.82, 2.24) is 9.97 Å². The molecule has 0 spiro atoms. The minimum absolute atomic E-state index is 0.329. The Kier molecular flexibility index (Phi) is 3.74. The number of aromatic amines is 1. The van der Waals surface area contributed by atoms with Crippen LogP contribution in [0, 0.1) is 5.41 Å². The molecule has 2 rings (SSSR count). The molecule has 20 heavy (non-hydrogen) atoms. The largest absolute Gasteiger partial charge is 0.427 e. The Bertz CT molecular complexity index is 640. The van der Waals surface area contributed by atoms with Gasteiger partial charge in [-0.1, -0.05) is 6.07 Å². The van der Waals surface area contributed by atoms with Crippen LogP contribution in [0.1, 0.15) is 31.1 Å². The molecule has 0 aliphatic rings. The quantitative estimate of drug-likeness (QED) is 0.687. The van der Waals surface area contributed by atoms with Crippen molar-refractivity contribution in [2.45, 2.75) is 20.8 Å². The summed E-state index contributed by atoms with van der Waals surface area (Å²) in [7, 11) is 0. The number of nitrogens with zero attached hydrogens (tertiary/aromatic N) is 1. The van der Waals surface area contributed by atoms with Crippen molar-refractivity contribution in [2.75, 3.05) is 6.79 Å². The van der Waals surface area contributed by atoms with Crippen LogP contribution in [0.2, 0.25) is 0 Å². The summed E-state index contributed by atoms with van der Waals surface area (Å²) in [6.45, 7) is 4.76. The Morgan fingerprint density at radius 2 is 2.00 bits per heavy atom. The maximum absolute atomic E-state index is 11.9. The van der Waals surface area contributed by atoms with Crippen LogP contribution in [0.15, 0.2) is 24.5 Å². The minimum atomic E-state index is -0.630. The van der Waals surface area contributed by atoms with Gasteiger partial charge >= 0.3 is 11.9 Å². The second kappa shape index (κ2) is 5.32. The van der Waals surface area contributed by atoms with Gasteiger partial charge < -0.3 is 14.5 Å².